The van der Waals surface area contributed by atoms with Crippen molar-refractivity contribution in [2.45, 2.75) is 0 Å². The molecule has 0 amide bonds. The maximum atomic E-state index is 7.22. The number of nitrogens with zero attached hydrogens (tertiary/aromatic N) is 2. The average Bonchev–Trinajstić information content (AvgIpc) is 2.76. The third-order valence-corrected chi connectivity index (χ3v) is 9.77. The van der Waals surface area contributed by atoms with Gasteiger partial charge in [0.15, 0.2) is 0 Å². The zero-order valence-corrected chi connectivity index (χ0v) is 17.3. The summed E-state index contributed by atoms with van der Waals surface area (Å²) in [5.74, 6) is 0. The minimum absolute atomic E-state index is 0.371. The fourth-order valence-electron chi connectivity index (χ4n) is 3.36. The third kappa shape index (κ3) is 3.40. The second-order valence-electron chi connectivity index (χ2n) is 6.19. The standard InChI is InChI=1S/C23H17Cl2N2P/c24-22-16-21(26-17-27-22)23(25)28(18-10-4-1-5-11-18,19-12-6-2-7-13-19)20-14-8-3-9-15-20/h1-17H. The molecule has 0 aliphatic heterocycles. The van der Waals surface area contributed by atoms with E-state index in [0.29, 0.717) is 15.6 Å². The molecule has 5 heteroatoms. The van der Waals surface area contributed by atoms with Gasteiger partial charge in [0.05, 0.1) is 10.4 Å². The Labute approximate surface area is 174 Å². The largest absolute Gasteiger partial charge is 0.235 e. The van der Waals surface area contributed by atoms with Crippen LogP contribution in [0.3, 0.4) is 0 Å². The van der Waals surface area contributed by atoms with E-state index in [0.717, 1.165) is 15.9 Å². The van der Waals surface area contributed by atoms with Gasteiger partial charge >= 0.3 is 0 Å². The van der Waals surface area contributed by atoms with E-state index in [1.165, 1.54) is 6.33 Å². The van der Waals surface area contributed by atoms with Crippen LogP contribution in [0.4, 0.5) is 0 Å². The van der Waals surface area contributed by atoms with Crippen LogP contribution in [0, 0.1) is 0 Å². The zero-order valence-electron chi connectivity index (χ0n) is 14.9. The van der Waals surface area contributed by atoms with Crippen LogP contribution >= 0.6 is 30.1 Å². The normalized spacial score (nSPS) is 11.2. The van der Waals surface area contributed by atoms with Gasteiger partial charge in [-0.2, -0.15) is 0 Å². The Balaban J connectivity index is 2.21. The molecular formula is C23H17Cl2N2P. The predicted molar refractivity (Wildman–Crippen MR) is 122 cm³/mol. The molecule has 1 heterocycles. The lowest BCUT2D eigenvalue weighted by atomic mass is 10.4. The lowest BCUT2D eigenvalue weighted by Crippen LogP contribution is -2.29. The molecule has 3 aromatic carbocycles. The van der Waals surface area contributed by atoms with Crippen LogP contribution < -0.4 is 15.9 Å². The van der Waals surface area contributed by atoms with E-state index in [2.05, 4.69) is 46.4 Å². The molecule has 0 bridgehead atoms. The van der Waals surface area contributed by atoms with E-state index in [1.54, 1.807) is 6.07 Å². The molecule has 0 spiro atoms. The van der Waals surface area contributed by atoms with Gasteiger partial charge in [-0.3, -0.25) is 0 Å². The first kappa shape index (κ1) is 19.0. The summed E-state index contributed by atoms with van der Waals surface area (Å²) in [7, 11) is 0. The molecule has 0 fully saturated rings. The lowest BCUT2D eigenvalue weighted by molar-refractivity contribution is 1.16. The van der Waals surface area contributed by atoms with Crippen molar-refractivity contribution in [1.82, 2.24) is 9.97 Å². The highest BCUT2D eigenvalue weighted by Gasteiger charge is 2.30. The van der Waals surface area contributed by atoms with E-state index < -0.39 is 6.89 Å². The number of halogens is 2. The molecule has 0 saturated heterocycles. The molecule has 0 N–H and O–H groups in total. The van der Waals surface area contributed by atoms with Gasteiger partial charge in [0.2, 0.25) is 0 Å². The first-order valence-corrected chi connectivity index (χ1v) is 11.3. The van der Waals surface area contributed by atoms with Gasteiger partial charge in [-0.25, -0.2) is 9.97 Å². The molecule has 0 radical (unpaired) electrons. The Morgan fingerprint density at radius 2 is 1.07 bits per heavy atom. The van der Waals surface area contributed by atoms with Crippen molar-refractivity contribution in [3.05, 3.63) is 114 Å². The molecule has 0 unspecified atom stereocenters. The Kier molecular flexibility index (Phi) is 5.64. The summed E-state index contributed by atoms with van der Waals surface area (Å²) < 4.78 is 0.681. The van der Waals surface area contributed by atoms with Crippen molar-refractivity contribution in [2.75, 3.05) is 0 Å². The number of benzene rings is 3. The van der Waals surface area contributed by atoms with Crippen LogP contribution in [-0.2, 0) is 0 Å². The Morgan fingerprint density at radius 3 is 1.46 bits per heavy atom. The second-order valence-corrected chi connectivity index (χ2v) is 10.6. The number of hydrogen-bond acceptors (Lipinski definition) is 2. The van der Waals surface area contributed by atoms with E-state index in [1.807, 2.05) is 54.6 Å². The third-order valence-electron chi connectivity index (χ3n) is 4.57. The monoisotopic (exact) mass is 422 g/mol. The molecule has 4 aromatic rings. The molecule has 0 saturated carbocycles. The smallest absolute Gasteiger partial charge is 0.133 e. The number of rotatable bonds is 4. The van der Waals surface area contributed by atoms with Gasteiger partial charge < -0.3 is 0 Å². The fraction of sp³-hybridized carbons (Fsp3) is 0. The average molecular weight is 423 g/mol. The molecule has 0 aliphatic rings. The quantitative estimate of drug-likeness (QED) is 0.347. The van der Waals surface area contributed by atoms with Crippen LogP contribution in [0.5, 0.6) is 0 Å². The summed E-state index contributed by atoms with van der Waals surface area (Å²) in [5.41, 5.74) is 0.645. The SMILES string of the molecule is ClC(c1cc(Cl)ncn1)=P(c1ccccc1)(c1ccccc1)c1ccccc1. The maximum Gasteiger partial charge on any atom is 0.133 e. The van der Waals surface area contributed by atoms with Gasteiger partial charge in [-0.1, -0.05) is 114 Å². The number of hydrogen-bond donors (Lipinski definition) is 0. The van der Waals surface area contributed by atoms with Crippen molar-refractivity contribution >= 4 is 50.8 Å². The first-order chi connectivity index (χ1) is 13.7. The molecule has 28 heavy (non-hydrogen) atoms. The lowest BCUT2D eigenvalue weighted by Gasteiger charge is -2.30. The minimum Gasteiger partial charge on any atom is -0.235 e. The zero-order chi connectivity index (χ0) is 19.4. The molecule has 1 aromatic heterocycles. The fourth-order valence-corrected chi connectivity index (χ4v) is 8.39. The van der Waals surface area contributed by atoms with Crippen molar-refractivity contribution in [3.63, 3.8) is 0 Å². The summed E-state index contributed by atoms with van der Waals surface area (Å²) >= 11 is 13.4. The first-order valence-electron chi connectivity index (χ1n) is 8.80. The summed E-state index contributed by atoms with van der Waals surface area (Å²) in [5, 5.41) is 3.85. The predicted octanol–water partition coefficient (Wildman–Crippen LogP) is 4.84. The minimum atomic E-state index is -2.35. The summed E-state index contributed by atoms with van der Waals surface area (Å²) in [6, 6.07) is 32.9. The molecular weight excluding hydrogens is 406 g/mol. The van der Waals surface area contributed by atoms with Crippen molar-refractivity contribution in [2.24, 2.45) is 0 Å². The molecule has 0 atom stereocenters. The van der Waals surface area contributed by atoms with Crippen LogP contribution in [-0.4, -0.2) is 14.7 Å². The van der Waals surface area contributed by atoms with E-state index in [9.17, 15) is 0 Å². The van der Waals surface area contributed by atoms with E-state index in [4.69, 9.17) is 23.2 Å². The van der Waals surface area contributed by atoms with Gasteiger partial charge in [0.1, 0.15) is 11.5 Å². The van der Waals surface area contributed by atoms with Crippen LogP contribution in [0.15, 0.2) is 103 Å². The maximum absolute atomic E-state index is 7.22. The summed E-state index contributed by atoms with van der Waals surface area (Å²) in [6.07, 6.45) is 1.45. The van der Waals surface area contributed by atoms with Gasteiger partial charge in [-0.05, 0) is 22.8 Å². The highest BCUT2D eigenvalue weighted by atomic mass is 35.5. The summed E-state index contributed by atoms with van der Waals surface area (Å²) in [6.45, 7) is -2.35. The summed E-state index contributed by atoms with van der Waals surface area (Å²) in [4.78, 5) is 8.46. The Bertz CT molecular complexity index is 1030. The van der Waals surface area contributed by atoms with Crippen LogP contribution in [0.2, 0.25) is 5.15 Å². The molecule has 138 valence electrons. The van der Waals surface area contributed by atoms with Gasteiger partial charge in [0.25, 0.3) is 0 Å². The van der Waals surface area contributed by atoms with E-state index >= 15 is 0 Å². The molecule has 4 rings (SSSR count). The van der Waals surface area contributed by atoms with Gasteiger partial charge in [-0.15, -0.1) is 0 Å². The van der Waals surface area contributed by atoms with Crippen molar-refractivity contribution < 1.29 is 0 Å². The van der Waals surface area contributed by atoms with E-state index in [-0.39, 0.29) is 0 Å². The number of aromatic nitrogens is 2. The van der Waals surface area contributed by atoms with Crippen LogP contribution in [0.1, 0.15) is 5.69 Å². The topological polar surface area (TPSA) is 25.8 Å². The Hall–Kier alpha value is -2.38. The Morgan fingerprint density at radius 1 is 0.643 bits per heavy atom. The second kappa shape index (κ2) is 8.32. The highest BCUT2D eigenvalue weighted by Crippen LogP contribution is 2.48. The molecule has 2 nitrogen and oxygen atoms in total. The van der Waals surface area contributed by atoms with Crippen molar-refractivity contribution in [1.29, 1.82) is 0 Å². The van der Waals surface area contributed by atoms with Crippen molar-refractivity contribution in [3.8, 4) is 0 Å². The van der Waals surface area contributed by atoms with Crippen LogP contribution in [0.25, 0.3) is 0 Å². The molecule has 0 aliphatic carbocycles. The van der Waals surface area contributed by atoms with Gasteiger partial charge in [0, 0.05) is 6.07 Å². The highest BCUT2D eigenvalue weighted by molar-refractivity contribution is 7.97.